The highest BCUT2D eigenvalue weighted by molar-refractivity contribution is 7.13. The summed E-state index contributed by atoms with van der Waals surface area (Å²) in [5, 5.41) is 3.19. The molecule has 0 atom stereocenters. The molecule has 3 heterocycles. The summed E-state index contributed by atoms with van der Waals surface area (Å²) in [5.74, 6) is 1.08. The van der Waals surface area contributed by atoms with Crippen molar-refractivity contribution in [1.82, 2.24) is 19.7 Å². The summed E-state index contributed by atoms with van der Waals surface area (Å²) >= 11 is 1.68. The van der Waals surface area contributed by atoms with Crippen molar-refractivity contribution in [3.05, 3.63) is 35.3 Å². The van der Waals surface area contributed by atoms with E-state index < -0.39 is 0 Å². The van der Waals surface area contributed by atoms with Crippen molar-refractivity contribution in [2.45, 2.75) is 6.54 Å². The first-order valence-corrected chi connectivity index (χ1v) is 11.0. The molecule has 2 aliphatic heterocycles. The first-order valence-electron chi connectivity index (χ1n) is 10.1. The average Bonchev–Trinajstić information content (AvgIpc) is 3.24. The van der Waals surface area contributed by atoms with Crippen LogP contribution in [0.5, 0.6) is 5.75 Å². The number of morpholine rings is 1. The third-order valence-electron chi connectivity index (χ3n) is 5.46. The molecule has 156 valence electrons. The number of amides is 1. The smallest absolute Gasteiger partial charge is 0.236 e. The van der Waals surface area contributed by atoms with Crippen LogP contribution in [0.15, 0.2) is 29.6 Å². The Bertz CT molecular complexity index is 797. The molecule has 0 spiro atoms. The maximum absolute atomic E-state index is 12.4. The molecule has 0 bridgehead atoms. The predicted molar refractivity (Wildman–Crippen MR) is 113 cm³/mol. The molecule has 0 unspecified atom stereocenters. The predicted octanol–water partition coefficient (Wildman–Crippen LogP) is 1.80. The summed E-state index contributed by atoms with van der Waals surface area (Å²) in [6, 6.07) is 8.03. The standard InChI is InChI=1S/C21H28N4O3S/c1-27-19-4-2-17(3-5-19)21-22-18(16-29-21)14-23-6-8-24(9-7-23)15-20(26)25-10-12-28-13-11-25/h2-5,16H,6-15H2,1H3. The van der Waals surface area contributed by atoms with Crippen molar-refractivity contribution in [3.8, 4) is 16.3 Å². The van der Waals surface area contributed by atoms with E-state index in [0.717, 1.165) is 67.8 Å². The monoisotopic (exact) mass is 416 g/mol. The van der Waals surface area contributed by atoms with Gasteiger partial charge in [-0.3, -0.25) is 14.6 Å². The van der Waals surface area contributed by atoms with E-state index in [-0.39, 0.29) is 5.91 Å². The molecule has 1 aromatic heterocycles. The van der Waals surface area contributed by atoms with E-state index >= 15 is 0 Å². The zero-order valence-electron chi connectivity index (χ0n) is 16.9. The molecule has 2 aromatic rings. The van der Waals surface area contributed by atoms with Gasteiger partial charge in [-0.1, -0.05) is 0 Å². The highest BCUT2D eigenvalue weighted by Gasteiger charge is 2.23. The van der Waals surface area contributed by atoms with Crippen molar-refractivity contribution in [3.63, 3.8) is 0 Å². The minimum atomic E-state index is 0.227. The van der Waals surface area contributed by atoms with Crippen LogP contribution in [0.4, 0.5) is 0 Å². The number of piperazine rings is 1. The summed E-state index contributed by atoms with van der Waals surface area (Å²) in [5.41, 5.74) is 2.23. The molecule has 0 aliphatic carbocycles. The largest absolute Gasteiger partial charge is 0.497 e. The maximum Gasteiger partial charge on any atom is 0.236 e. The molecule has 2 fully saturated rings. The lowest BCUT2D eigenvalue weighted by Gasteiger charge is -2.35. The number of carbonyl (C=O) groups excluding carboxylic acids is 1. The Hall–Kier alpha value is -2.00. The van der Waals surface area contributed by atoms with Crippen LogP contribution in [-0.2, 0) is 16.1 Å². The molecule has 8 heteroatoms. The Morgan fingerprint density at radius 1 is 1.07 bits per heavy atom. The van der Waals surface area contributed by atoms with Crippen LogP contribution in [0.2, 0.25) is 0 Å². The van der Waals surface area contributed by atoms with Crippen LogP contribution in [0.1, 0.15) is 5.69 Å². The minimum Gasteiger partial charge on any atom is -0.497 e. The Balaban J connectivity index is 1.24. The number of thiazole rings is 1. The van der Waals surface area contributed by atoms with Gasteiger partial charge >= 0.3 is 0 Å². The number of benzene rings is 1. The van der Waals surface area contributed by atoms with E-state index in [4.69, 9.17) is 14.5 Å². The molecule has 4 rings (SSSR count). The van der Waals surface area contributed by atoms with Gasteiger partial charge in [0.15, 0.2) is 0 Å². The average molecular weight is 417 g/mol. The van der Waals surface area contributed by atoms with Gasteiger partial charge in [-0.05, 0) is 24.3 Å². The number of aromatic nitrogens is 1. The molecular weight excluding hydrogens is 388 g/mol. The second kappa shape index (κ2) is 9.67. The molecule has 1 amide bonds. The Kier molecular flexibility index (Phi) is 6.76. The van der Waals surface area contributed by atoms with Crippen LogP contribution >= 0.6 is 11.3 Å². The third kappa shape index (κ3) is 5.33. The number of carbonyl (C=O) groups is 1. The fourth-order valence-electron chi connectivity index (χ4n) is 3.68. The molecule has 7 nitrogen and oxygen atoms in total. The number of nitrogens with zero attached hydrogens (tertiary/aromatic N) is 4. The normalized spacial score (nSPS) is 18.7. The molecule has 0 radical (unpaired) electrons. The Morgan fingerprint density at radius 2 is 1.76 bits per heavy atom. The number of ether oxygens (including phenoxy) is 2. The first kappa shape index (κ1) is 20.3. The lowest BCUT2D eigenvalue weighted by molar-refractivity contribution is -0.136. The van der Waals surface area contributed by atoms with Crippen LogP contribution in [0, 0.1) is 0 Å². The van der Waals surface area contributed by atoms with E-state index in [1.807, 2.05) is 29.2 Å². The first-order chi connectivity index (χ1) is 14.2. The van der Waals surface area contributed by atoms with E-state index in [2.05, 4.69) is 15.2 Å². The Labute approximate surface area is 175 Å². The van der Waals surface area contributed by atoms with Gasteiger partial charge in [0.2, 0.25) is 5.91 Å². The van der Waals surface area contributed by atoms with E-state index in [9.17, 15) is 4.79 Å². The van der Waals surface area contributed by atoms with E-state index in [1.54, 1.807) is 18.4 Å². The third-order valence-corrected chi connectivity index (χ3v) is 6.40. The zero-order chi connectivity index (χ0) is 20.1. The van der Waals surface area contributed by atoms with Gasteiger partial charge in [0.1, 0.15) is 10.8 Å². The SMILES string of the molecule is COc1ccc(-c2nc(CN3CCN(CC(=O)N4CCOCC4)CC3)cs2)cc1. The molecule has 29 heavy (non-hydrogen) atoms. The second-order valence-corrected chi connectivity index (χ2v) is 8.28. The lowest BCUT2D eigenvalue weighted by Crippen LogP contribution is -2.51. The van der Waals surface area contributed by atoms with Crippen molar-refractivity contribution in [1.29, 1.82) is 0 Å². The van der Waals surface area contributed by atoms with E-state index in [1.165, 1.54) is 0 Å². The van der Waals surface area contributed by atoms with Crippen molar-refractivity contribution in [2.24, 2.45) is 0 Å². The van der Waals surface area contributed by atoms with Gasteiger partial charge in [-0.25, -0.2) is 4.98 Å². The van der Waals surface area contributed by atoms with Crippen LogP contribution in [0.25, 0.3) is 10.6 Å². The van der Waals surface area contributed by atoms with Crippen molar-refractivity contribution in [2.75, 3.05) is 66.1 Å². The molecule has 2 aliphatic rings. The Morgan fingerprint density at radius 3 is 2.45 bits per heavy atom. The summed E-state index contributed by atoms with van der Waals surface area (Å²) in [4.78, 5) is 23.8. The zero-order valence-corrected chi connectivity index (χ0v) is 17.7. The van der Waals surface area contributed by atoms with Gasteiger partial charge in [-0.15, -0.1) is 11.3 Å². The van der Waals surface area contributed by atoms with Crippen LogP contribution < -0.4 is 4.74 Å². The van der Waals surface area contributed by atoms with Gasteiger partial charge in [0, 0.05) is 56.8 Å². The highest BCUT2D eigenvalue weighted by Crippen LogP contribution is 2.26. The molecule has 0 saturated carbocycles. The van der Waals surface area contributed by atoms with Gasteiger partial charge in [0.05, 0.1) is 32.6 Å². The number of rotatable bonds is 6. The summed E-state index contributed by atoms with van der Waals surface area (Å²) in [6.07, 6.45) is 0. The van der Waals surface area contributed by atoms with E-state index in [0.29, 0.717) is 19.8 Å². The topological polar surface area (TPSA) is 58.1 Å². The summed E-state index contributed by atoms with van der Waals surface area (Å²) in [6.45, 7) is 7.91. The van der Waals surface area contributed by atoms with Crippen LogP contribution in [0.3, 0.4) is 0 Å². The molecule has 0 N–H and O–H groups in total. The summed E-state index contributed by atoms with van der Waals surface area (Å²) in [7, 11) is 1.68. The quantitative estimate of drug-likeness (QED) is 0.716. The number of hydrogen-bond acceptors (Lipinski definition) is 7. The fraction of sp³-hybridized carbons (Fsp3) is 0.524. The highest BCUT2D eigenvalue weighted by atomic mass is 32.1. The van der Waals surface area contributed by atoms with Crippen molar-refractivity contribution < 1.29 is 14.3 Å². The van der Waals surface area contributed by atoms with Gasteiger partial charge in [0.25, 0.3) is 0 Å². The molecular formula is C21H28N4O3S. The maximum atomic E-state index is 12.4. The van der Waals surface area contributed by atoms with Gasteiger partial charge < -0.3 is 14.4 Å². The molecule has 2 saturated heterocycles. The number of methoxy groups -OCH3 is 1. The second-order valence-electron chi connectivity index (χ2n) is 7.42. The van der Waals surface area contributed by atoms with Crippen LogP contribution in [-0.4, -0.2) is 91.7 Å². The fourth-order valence-corrected chi connectivity index (χ4v) is 4.50. The molecule has 1 aromatic carbocycles. The van der Waals surface area contributed by atoms with Crippen molar-refractivity contribution >= 4 is 17.2 Å². The lowest BCUT2D eigenvalue weighted by atomic mass is 10.2. The van der Waals surface area contributed by atoms with Gasteiger partial charge in [-0.2, -0.15) is 0 Å². The number of hydrogen-bond donors (Lipinski definition) is 0. The minimum absolute atomic E-state index is 0.227. The summed E-state index contributed by atoms with van der Waals surface area (Å²) < 4.78 is 10.5.